The van der Waals surface area contributed by atoms with Gasteiger partial charge in [0.25, 0.3) is 0 Å². The number of sulfonamides is 1. The van der Waals surface area contributed by atoms with Gasteiger partial charge in [0.05, 0.1) is 24.0 Å². The van der Waals surface area contributed by atoms with Crippen LogP contribution in [0.3, 0.4) is 0 Å². The van der Waals surface area contributed by atoms with Gasteiger partial charge in [0, 0.05) is 11.6 Å². The molecule has 1 heterocycles. The van der Waals surface area contributed by atoms with E-state index in [2.05, 4.69) is 5.32 Å². The van der Waals surface area contributed by atoms with E-state index in [4.69, 9.17) is 9.88 Å². The zero-order valence-electron chi connectivity index (χ0n) is 13.9. The highest BCUT2D eigenvalue weighted by Crippen LogP contribution is 2.32. The number of ether oxygens (including phenoxy) is 1. The van der Waals surface area contributed by atoms with E-state index in [0.29, 0.717) is 24.3 Å². The lowest BCUT2D eigenvalue weighted by Gasteiger charge is -2.18. The van der Waals surface area contributed by atoms with Crippen LogP contribution < -0.4 is 15.2 Å². The lowest BCUT2D eigenvalue weighted by atomic mass is 10.0. The van der Waals surface area contributed by atoms with Crippen LogP contribution >= 0.6 is 0 Å². The number of carbonyl (C=O) groups is 1. The quantitative estimate of drug-likeness (QED) is 0.851. The predicted molar refractivity (Wildman–Crippen MR) is 93.5 cm³/mol. The van der Waals surface area contributed by atoms with Crippen LogP contribution in [0.5, 0.6) is 5.75 Å². The first-order chi connectivity index (χ1) is 12.3. The number of primary sulfonamides is 1. The zero-order chi connectivity index (χ0) is 18.7. The normalized spacial score (nSPS) is 16.9. The summed E-state index contributed by atoms with van der Waals surface area (Å²) in [5, 5.41) is 8.00. The summed E-state index contributed by atoms with van der Waals surface area (Å²) in [6.07, 6.45) is 1.53. The first-order valence-corrected chi connectivity index (χ1v) is 9.71. The van der Waals surface area contributed by atoms with Gasteiger partial charge in [0.1, 0.15) is 11.6 Å². The largest absolute Gasteiger partial charge is 0.493 e. The van der Waals surface area contributed by atoms with Crippen LogP contribution in [-0.2, 0) is 21.2 Å². The van der Waals surface area contributed by atoms with Crippen LogP contribution in [0.4, 0.5) is 4.39 Å². The van der Waals surface area contributed by atoms with Crippen molar-refractivity contribution in [1.29, 1.82) is 0 Å². The van der Waals surface area contributed by atoms with E-state index in [1.807, 2.05) is 0 Å². The van der Waals surface area contributed by atoms with Crippen molar-refractivity contribution in [3.63, 3.8) is 0 Å². The second kappa shape index (κ2) is 7.43. The van der Waals surface area contributed by atoms with Gasteiger partial charge in [-0.05, 0) is 36.6 Å². The van der Waals surface area contributed by atoms with Crippen LogP contribution in [0, 0.1) is 5.82 Å². The maximum Gasteiger partial charge on any atom is 0.238 e. The Morgan fingerprint density at radius 1 is 1.23 bits per heavy atom. The summed E-state index contributed by atoms with van der Waals surface area (Å²) in [6, 6.07) is 9.89. The number of amides is 1. The van der Waals surface area contributed by atoms with E-state index in [-0.39, 0.29) is 29.1 Å². The van der Waals surface area contributed by atoms with E-state index in [0.717, 1.165) is 12.0 Å². The Kier molecular flexibility index (Phi) is 5.24. The first-order valence-electron chi connectivity index (χ1n) is 8.16. The highest BCUT2D eigenvalue weighted by molar-refractivity contribution is 7.89. The number of hydrogen-bond donors (Lipinski definition) is 2. The van der Waals surface area contributed by atoms with Crippen molar-refractivity contribution in [2.75, 3.05) is 6.61 Å². The number of nitrogens with one attached hydrogen (secondary N) is 1. The fourth-order valence-electron chi connectivity index (χ4n) is 2.92. The van der Waals surface area contributed by atoms with Gasteiger partial charge >= 0.3 is 0 Å². The lowest BCUT2D eigenvalue weighted by molar-refractivity contribution is -0.121. The molecule has 138 valence electrons. The van der Waals surface area contributed by atoms with Crippen LogP contribution in [0.1, 0.15) is 30.0 Å². The van der Waals surface area contributed by atoms with Gasteiger partial charge in [-0.1, -0.05) is 18.2 Å². The molecular formula is C18H19FN2O4S. The molecule has 8 heteroatoms. The molecule has 0 saturated carbocycles. The topological polar surface area (TPSA) is 98.5 Å². The Labute approximate surface area is 151 Å². The molecule has 1 aliphatic heterocycles. The Bertz CT molecular complexity index is 913. The smallest absolute Gasteiger partial charge is 0.238 e. The molecule has 3 N–H and O–H groups in total. The molecule has 2 aromatic rings. The molecule has 26 heavy (non-hydrogen) atoms. The van der Waals surface area contributed by atoms with Gasteiger partial charge < -0.3 is 10.1 Å². The molecule has 1 atom stereocenters. The van der Waals surface area contributed by atoms with Gasteiger partial charge in [-0.3, -0.25) is 4.79 Å². The van der Waals surface area contributed by atoms with Gasteiger partial charge in [-0.15, -0.1) is 0 Å². The molecule has 3 rings (SSSR count). The van der Waals surface area contributed by atoms with Crippen LogP contribution in [0.25, 0.3) is 0 Å². The van der Waals surface area contributed by atoms with Crippen molar-refractivity contribution in [1.82, 2.24) is 5.32 Å². The van der Waals surface area contributed by atoms with E-state index in [9.17, 15) is 17.6 Å². The number of halogens is 1. The summed E-state index contributed by atoms with van der Waals surface area (Å²) in [5.74, 6) is -0.147. The maximum atomic E-state index is 13.4. The lowest BCUT2D eigenvalue weighted by Crippen LogP contribution is -2.29. The molecule has 1 unspecified atom stereocenters. The Hall–Kier alpha value is -2.45. The molecule has 2 aromatic carbocycles. The minimum Gasteiger partial charge on any atom is -0.493 e. The van der Waals surface area contributed by atoms with Crippen molar-refractivity contribution >= 4 is 15.9 Å². The summed E-state index contributed by atoms with van der Waals surface area (Å²) in [4.78, 5) is 12.4. The zero-order valence-corrected chi connectivity index (χ0v) is 14.8. The third kappa shape index (κ3) is 4.39. The summed E-state index contributed by atoms with van der Waals surface area (Å²) in [7, 11) is -3.76. The number of nitrogens with two attached hydrogens (primary N) is 1. The first kappa shape index (κ1) is 18.3. The molecule has 0 bridgehead atoms. The minimum absolute atomic E-state index is 0.00136. The van der Waals surface area contributed by atoms with Crippen molar-refractivity contribution < 1.29 is 22.3 Å². The standard InChI is InChI=1S/C18H19FN2O4S/c19-13-5-8-15-16(2-1-9-25-17(15)11-13)21-18(22)10-12-3-6-14(7-4-12)26(20,23)24/h3-8,11,16H,1-2,9-10H2,(H,21,22)(H2,20,23,24). The van der Waals surface area contributed by atoms with Gasteiger partial charge in [0.2, 0.25) is 15.9 Å². The van der Waals surface area contributed by atoms with Crippen LogP contribution in [0.2, 0.25) is 0 Å². The van der Waals surface area contributed by atoms with Gasteiger partial charge in [-0.25, -0.2) is 17.9 Å². The molecule has 0 spiro atoms. The molecule has 0 aromatic heterocycles. The summed E-state index contributed by atoms with van der Waals surface area (Å²) in [5.41, 5.74) is 1.42. The van der Waals surface area contributed by atoms with E-state index in [1.54, 1.807) is 18.2 Å². The van der Waals surface area contributed by atoms with E-state index >= 15 is 0 Å². The van der Waals surface area contributed by atoms with Crippen LogP contribution in [-0.4, -0.2) is 20.9 Å². The maximum absolute atomic E-state index is 13.4. The van der Waals surface area contributed by atoms with Crippen LogP contribution in [0.15, 0.2) is 47.4 Å². The molecule has 0 aliphatic carbocycles. The highest BCUT2D eigenvalue weighted by atomic mass is 32.2. The fourth-order valence-corrected chi connectivity index (χ4v) is 3.44. The predicted octanol–water partition coefficient (Wildman–Crippen LogP) is 2.05. The number of fused-ring (bicyclic) bond motifs is 1. The molecule has 0 radical (unpaired) electrons. The minimum atomic E-state index is -3.76. The number of hydrogen-bond acceptors (Lipinski definition) is 4. The van der Waals surface area contributed by atoms with E-state index in [1.165, 1.54) is 24.3 Å². The third-order valence-corrected chi connectivity index (χ3v) is 5.13. The SMILES string of the molecule is NS(=O)(=O)c1ccc(CC(=O)NC2CCCOc3cc(F)ccc32)cc1. The summed E-state index contributed by atoms with van der Waals surface area (Å²) >= 11 is 0. The second-order valence-electron chi connectivity index (χ2n) is 6.16. The average molecular weight is 378 g/mol. The Morgan fingerprint density at radius 2 is 1.96 bits per heavy atom. The highest BCUT2D eigenvalue weighted by Gasteiger charge is 2.22. The Morgan fingerprint density at radius 3 is 2.65 bits per heavy atom. The summed E-state index contributed by atoms with van der Waals surface area (Å²) in [6.45, 7) is 0.470. The van der Waals surface area contributed by atoms with Crippen molar-refractivity contribution in [3.8, 4) is 5.75 Å². The third-order valence-electron chi connectivity index (χ3n) is 4.20. The molecule has 0 saturated heterocycles. The van der Waals surface area contributed by atoms with Crippen molar-refractivity contribution in [2.24, 2.45) is 5.14 Å². The average Bonchev–Trinajstić information content (AvgIpc) is 2.76. The molecule has 0 fully saturated rings. The molecule has 6 nitrogen and oxygen atoms in total. The van der Waals surface area contributed by atoms with Crippen molar-refractivity contribution in [2.45, 2.75) is 30.2 Å². The Balaban J connectivity index is 1.70. The summed E-state index contributed by atoms with van der Waals surface area (Å²) < 4.78 is 41.5. The molecule has 1 amide bonds. The second-order valence-corrected chi connectivity index (χ2v) is 7.72. The van der Waals surface area contributed by atoms with E-state index < -0.39 is 10.0 Å². The number of rotatable bonds is 4. The van der Waals surface area contributed by atoms with Gasteiger partial charge in [-0.2, -0.15) is 0 Å². The fraction of sp³-hybridized carbons (Fsp3) is 0.278. The molecule has 1 aliphatic rings. The number of benzene rings is 2. The number of carbonyl (C=O) groups excluding carboxylic acids is 1. The molecular weight excluding hydrogens is 359 g/mol. The van der Waals surface area contributed by atoms with Crippen molar-refractivity contribution in [3.05, 3.63) is 59.4 Å². The monoisotopic (exact) mass is 378 g/mol. The van der Waals surface area contributed by atoms with Gasteiger partial charge in [0.15, 0.2) is 0 Å².